The molecule has 2 heterocycles. The number of carbonyl (C=O) groups is 2. The van der Waals surface area contributed by atoms with Crippen molar-refractivity contribution in [2.24, 2.45) is 0 Å². The molecule has 2 aromatic rings. The van der Waals surface area contributed by atoms with Crippen LogP contribution in [0.2, 0.25) is 0 Å². The second kappa shape index (κ2) is 8.78. The van der Waals surface area contributed by atoms with Gasteiger partial charge in [-0.2, -0.15) is 0 Å². The number of nitrogens with one attached hydrogen (secondary N) is 1. The highest BCUT2D eigenvalue weighted by Crippen LogP contribution is 2.34. The van der Waals surface area contributed by atoms with Crippen molar-refractivity contribution < 1.29 is 18.4 Å². The number of nitrogens with zero attached hydrogens (tertiary/aromatic N) is 1. The van der Waals surface area contributed by atoms with E-state index in [4.69, 9.17) is 0 Å². The molecule has 0 unspecified atom stereocenters. The van der Waals surface area contributed by atoms with E-state index in [2.05, 4.69) is 5.32 Å². The molecule has 146 valence electrons. The average Bonchev–Trinajstić information content (AvgIpc) is 2.83. The first-order valence-electron chi connectivity index (χ1n) is 9.31. The average molecular weight is 394 g/mol. The van der Waals surface area contributed by atoms with Gasteiger partial charge in [0.15, 0.2) is 0 Å². The number of halogens is 2. The SMILES string of the molecule is CC(=O)N1CCCCC[C@H]1Cc1c(C(=O)NCC(F)F)sc2ccccc12. The normalized spacial score (nSPS) is 17.9. The minimum Gasteiger partial charge on any atom is -0.346 e. The van der Waals surface area contributed by atoms with E-state index in [-0.39, 0.29) is 11.9 Å². The lowest BCUT2D eigenvalue weighted by Crippen LogP contribution is -2.40. The number of rotatable bonds is 5. The van der Waals surface area contributed by atoms with E-state index in [0.717, 1.165) is 47.9 Å². The molecule has 27 heavy (non-hydrogen) atoms. The topological polar surface area (TPSA) is 49.4 Å². The van der Waals surface area contributed by atoms with Crippen molar-refractivity contribution in [2.75, 3.05) is 13.1 Å². The molecule has 0 aliphatic carbocycles. The smallest absolute Gasteiger partial charge is 0.261 e. The Kier molecular flexibility index (Phi) is 6.42. The number of benzene rings is 1. The molecule has 1 aromatic heterocycles. The number of carbonyl (C=O) groups excluding carboxylic acids is 2. The van der Waals surface area contributed by atoms with Gasteiger partial charge in [-0.25, -0.2) is 8.78 Å². The number of fused-ring (bicyclic) bond motifs is 1. The number of likely N-dealkylation sites (tertiary alicyclic amines) is 1. The third-order valence-corrected chi connectivity index (χ3v) is 6.25. The summed E-state index contributed by atoms with van der Waals surface area (Å²) in [5.41, 5.74) is 0.862. The van der Waals surface area contributed by atoms with Crippen molar-refractivity contribution in [1.29, 1.82) is 0 Å². The second-order valence-electron chi connectivity index (χ2n) is 6.93. The maximum Gasteiger partial charge on any atom is 0.261 e. The van der Waals surface area contributed by atoms with Crippen LogP contribution in [0.5, 0.6) is 0 Å². The minimum atomic E-state index is -2.58. The Labute approximate surface area is 161 Å². The Morgan fingerprint density at radius 1 is 1.26 bits per heavy atom. The first kappa shape index (κ1) is 19.7. The van der Waals surface area contributed by atoms with Crippen LogP contribution in [0, 0.1) is 0 Å². The van der Waals surface area contributed by atoms with E-state index in [0.29, 0.717) is 11.3 Å². The summed E-state index contributed by atoms with van der Waals surface area (Å²) in [4.78, 5) is 27.0. The third-order valence-electron chi connectivity index (χ3n) is 5.04. The summed E-state index contributed by atoms with van der Waals surface area (Å²) >= 11 is 1.33. The fourth-order valence-electron chi connectivity index (χ4n) is 3.77. The number of hydrogen-bond acceptors (Lipinski definition) is 3. The van der Waals surface area contributed by atoms with Crippen molar-refractivity contribution in [3.63, 3.8) is 0 Å². The largest absolute Gasteiger partial charge is 0.346 e. The summed E-state index contributed by atoms with van der Waals surface area (Å²) < 4.78 is 26.0. The molecule has 1 fully saturated rings. The van der Waals surface area contributed by atoms with Crippen LogP contribution < -0.4 is 5.32 Å². The van der Waals surface area contributed by atoms with Gasteiger partial charge in [-0.1, -0.05) is 31.0 Å². The molecule has 1 aromatic carbocycles. The summed E-state index contributed by atoms with van der Waals surface area (Å²) in [6.45, 7) is 1.66. The Balaban J connectivity index is 1.94. The van der Waals surface area contributed by atoms with Crippen LogP contribution in [-0.2, 0) is 11.2 Å². The minimum absolute atomic E-state index is 0.0321. The van der Waals surface area contributed by atoms with E-state index in [1.807, 2.05) is 29.2 Å². The fourth-order valence-corrected chi connectivity index (χ4v) is 4.92. The molecule has 1 aliphatic rings. The quantitative estimate of drug-likeness (QED) is 0.825. The second-order valence-corrected chi connectivity index (χ2v) is 7.98. The van der Waals surface area contributed by atoms with Gasteiger partial charge in [0, 0.05) is 24.2 Å². The van der Waals surface area contributed by atoms with E-state index >= 15 is 0 Å². The highest BCUT2D eigenvalue weighted by atomic mass is 32.1. The molecule has 2 amide bonds. The number of alkyl halides is 2. The van der Waals surface area contributed by atoms with Crippen LogP contribution in [0.4, 0.5) is 8.78 Å². The van der Waals surface area contributed by atoms with Crippen molar-refractivity contribution in [3.05, 3.63) is 34.7 Å². The predicted octanol–water partition coefficient (Wildman–Crippen LogP) is 4.23. The fraction of sp³-hybridized carbons (Fsp3) is 0.500. The molecule has 3 rings (SSSR count). The predicted molar refractivity (Wildman–Crippen MR) is 104 cm³/mol. The molecule has 0 radical (unpaired) electrons. The van der Waals surface area contributed by atoms with Gasteiger partial charge in [0.25, 0.3) is 12.3 Å². The van der Waals surface area contributed by atoms with Gasteiger partial charge in [-0.3, -0.25) is 9.59 Å². The van der Waals surface area contributed by atoms with Crippen LogP contribution in [0.15, 0.2) is 24.3 Å². The van der Waals surface area contributed by atoms with Gasteiger partial charge < -0.3 is 10.2 Å². The molecule has 1 atom stereocenters. The molecule has 0 bridgehead atoms. The van der Waals surface area contributed by atoms with Crippen molar-refractivity contribution in [3.8, 4) is 0 Å². The number of thiophene rings is 1. The molecule has 4 nitrogen and oxygen atoms in total. The first-order chi connectivity index (χ1) is 13.0. The van der Waals surface area contributed by atoms with E-state index < -0.39 is 18.9 Å². The lowest BCUT2D eigenvalue weighted by atomic mass is 9.98. The monoisotopic (exact) mass is 394 g/mol. The standard InChI is InChI=1S/C20H24F2N2O2S/c1-13(25)24-10-6-2-3-7-14(24)11-16-15-8-4-5-9-17(15)27-19(16)20(26)23-12-18(21)22/h4-5,8-9,14,18H,2-3,6-7,10-12H2,1H3,(H,23,26)/t14-/m0/s1. The van der Waals surface area contributed by atoms with Crippen LogP contribution >= 0.6 is 11.3 Å². The highest BCUT2D eigenvalue weighted by molar-refractivity contribution is 7.21. The number of amides is 2. The zero-order chi connectivity index (χ0) is 19.4. The number of hydrogen-bond donors (Lipinski definition) is 1. The summed E-state index contributed by atoms with van der Waals surface area (Å²) in [5, 5.41) is 3.29. The molecule has 0 spiro atoms. The summed E-state index contributed by atoms with van der Waals surface area (Å²) in [5.74, 6) is -0.417. The Morgan fingerprint density at radius 2 is 2.04 bits per heavy atom. The Morgan fingerprint density at radius 3 is 2.78 bits per heavy atom. The molecule has 7 heteroatoms. The maximum atomic E-state index is 12.5. The lowest BCUT2D eigenvalue weighted by molar-refractivity contribution is -0.131. The zero-order valence-electron chi connectivity index (χ0n) is 15.3. The molecule has 1 saturated heterocycles. The van der Waals surface area contributed by atoms with Gasteiger partial charge in [0.2, 0.25) is 5.91 Å². The van der Waals surface area contributed by atoms with E-state index in [1.54, 1.807) is 6.92 Å². The van der Waals surface area contributed by atoms with Crippen molar-refractivity contribution in [2.45, 2.75) is 51.5 Å². The molecule has 1 N–H and O–H groups in total. The highest BCUT2D eigenvalue weighted by Gasteiger charge is 2.27. The Bertz CT molecular complexity index is 821. The molecular weight excluding hydrogens is 370 g/mol. The van der Waals surface area contributed by atoms with E-state index in [9.17, 15) is 18.4 Å². The maximum absolute atomic E-state index is 12.5. The van der Waals surface area contributed by atoms with Gasteiger partial charge in [-0.05, 0) is 36.3 Å². The Hall–Kier alpha value is -2.02. The van der Waals surface area contributed by atoms with Crippen LogP contribution in [-0.4, -0.2) is 42.3 Å². The molecule has 0 saturated carbocycles. The summed E-state index contributed by atoms with van der Waals surface area (Å²) in [6.07, 6.45) is 2.00. The van der Waals surface area contributed by atoms with Crippen LogP contribution in [0.3, 0.4) is 0 Å². The third kappa shape index (κ3) is 4.64. The lowest BCUT2D eigenvalue weighted by Gasteiger charge is -2.29. The zero-order valence-corrected chi connectivity index (χ0v) is 16.2. The van der Waals surface area contributed by atoms with Crippen LogP contribution in [0.25, 0.3) is 10.1 Å². The first-order valence-corrected chi connectivity index (χ1v) is 10.1. The molecular formula is C20H24F2N2O2S. The van der Waals surface area contributed by atoms with Crippen molar-refractivity contribution in [1.82, 2.24) is 10.2 Å². The van der Waals surface area contributed by atoms with Crippen LogP contribution in [0.1, 0.15) is 47.8 Å². The van der Waals surface area contributed by atoms with Gasteiger partial charge >= 0.3 is 0 Å². The summed E-state index contributed by atoms with van der Waals surface area (Å²) in [6, 6.07) is 7.74. The van der Waals surface area contributed by atoms with E-state index in [1.165, 1.54) is 11.3 Å². The van der Waals surface area contributed by atoms with Crippen molar-refractivity contribution >= 4 is 33.2 Å². The van der Waals surface area contributed by atoms with Gasteiger partial charge in [-0.15, -0.1) is 11.3 Å². The molecule has 1 aliphatic heterocycles. The summed E-state index contributed by atoms with van der Waals surface area (Å²) in [7, 11) is 0. The van der Waals surface area contributed by atoms with Gasteiger partial charge in [0.05, 0.1) is 11.4 Å². The van der Waals surface area contributed by atoms with Gasteiger partial charge in [0.1, 0.15) is 0 Å².